The van der Waals surface area contributed by atoms with Crippen LogP contribution in [-0.4, -0.2) is 6.18 Å². The van der Waals surface area contributed by atoms with Gasteiger partial charge in [-0.15, -0.1) is 0 Å². The van der Waals surface area contributed by atoms with Crippen LogP contribution in [-0.2, 0) is 0 Å². The molecule has 0 nitrogen and oxygen atoms in total. The van der Waals surface area contributed by atoms with Gasteiger partial charge in [0.25, 0.3) is 0 Å². The number of alkyl halides is 3. The zero-order valence-corrected chi connectivity index (χ0v) is 11.8. The predicted molar refractivity (Wildman–Crippen MR) is 69.5 cm³/mol. The van der Waals surface area contributed by atoms with Gasteiger partial charge in [0.05, 0.1) is 5.41 Å². The van der Waals surface area contributed by atoms with Gasteiger partial charge in [-0.3, -0.25) is 0 Å². The Balaban J connectivity index is 2.66. The molecular formula is C15H27F3. The van der Waals surface area contributed by atoms with Crippen molar-refractivity contribution in [3.8, 4) is 0 Å². The summed E-state index contributed by atoms with van der Waals surface area (Å²) < 4.78 is 40.0. The fraction of sp³-hybridized carbons (Fsp3) is 1.00. The molecule has 0 heterocycles. The summed E-state index contributed by atoms with van der Waals surface area (Å²) in [5, 5.41) is 0. The molecule has 1 aliphatic carbocycles. The maximum atomic E-state index is 13.3. The second-order valence-corrected chi connectivity index (χ2v) is 5.84. The number of unbranched alkanes of at least 4 members (excludes halogenated alkanes) is 3. The molecule has 0 N–H and O–H groups in total. The molecule has 0 spiro atoms. The lowest BCUT2D eigenvalue weighted by Crippen LogP contribution is -2.49. The Morgan fingerprint density at radius 2 is 1.50 bits per heavy atom. The molecule has 0 aromatic rings. The second kappa shape index (κ2) is 6.81. The van der Waals surface area contributed by atoms with Crippen molar-refractivity contribution in [2.45, 2.75) is 84.2 Å². The fourth-order valence-corrected chi connectivity index (χ4v) is 3.27. The third-order valence-corrected chi connectivity index (χ3v) is 4.65. The Bertz CT molecular complexity index is 228. The minimum absolute atomic E-state index is 0.127. The zero-order chi connectivity index (χ0) is 13.6. The summed E-state index contributed by atoms with van der Waals surface area (Å²) >= 11 is 0. The van der Waals surface area contributed by atoms with Crippen LogP contribution in [0, 0.1) is 11.3 Å². The van der Waals surface area contributed by atoms with Crippen LogP contribution < -0.4 is 0 Å². The molecule has 3 heteroatoms. The smallest absolute Gasteiger partial charge is 0.170 e. The summed E-state index contributed by atoms with van der Waals surface area (Å²) in [5.41, 5.74) is -1.32. The van der Waals surface area contributed by atoms with Crippen LogP contribution in [0.1, 0.15) is 78.1 Å². The Hall–Kier alpha value is -0.210. The molecule has 18 heavy (non-hydrogen) atoms. The Morgan fingerprint density at radius 1 is 0.944 bits per heavy atom. The largest absolute Gasteiger partial charge is 0.394 e. The lowest BCUT2D eigenvalue weighted by atomic mass is 9.58. The van der Waals surface area contributed by atoms with E-state index in [2.05, 4.69) is 13.8 Å². The summed E-state index contributed by atoms with van der Waals surface area (Å²) in [6.07, 6.45) is 4.10. The van der Waals surface area contributed by atoms with Crippen molar-refractivity contribution in [3.63, 3.8) is 0 Å². The van der Waals surface area contributed by atoms with Crippen molar-refractivity contribution in [1.82, 2.24) is 0 Å². The molecule has 0 amide bonds. The van der Waals surface area contributed by atoms with Gasteiger partial charge in [-0.1, -0.05) is 52.4 Å². The topological polar surface area (TPSA) is 0 Å². The zero-order valence-electron chi connectivity index (χ0n) is 11.8. The van der Waals surface area contributed by atoms with Gasteiger partial charge >= 0.3 is 6.18 Å². The fourth-order valence-electron chi connectivity index (χ4n) is 3.27. The first kappa shape index (κ1) is 15.8. The average Bonchev–Trinajstić information content (AvgIpc) is 2.21. The van der Waals surface area contributed by atoms with E-state index in [1.165, 1.54) is 0 Å². The van der Waals surface area contributed by atoms with Gasteiger partial charge < -0.3 is 0 Å². The van der Waals surface area contributed by atoms with Gasteiger partial charge in [0.15, 0.2) is 0 Å². The van der Waals surface area contributed by atoms with Crippen LogP contribution in [0.5, 0.6) is 0 Å². The van der Waals surface area contributed by atoms with Crippen molar-refractivity contribution in [3.05, 3.63) is 0 Å². The van der Waals surface area contributed by atoms with Crippen LogP contribution >= 0.6 is 0 Å². The van der Waals surface area contributed by atoms with Crippen molar-refractivity contribution < 1.29 is 13.2 Å². The summed E-state index contributed by atoms with van der Waals surface area (Å²) in [6, 6.07) is 0. The summed E-state index contributed by atoms with van der Waals surface area (Å²) in [5.74, 6) is -0.127. The van der Waals surface area contributed by atoms with Crippen molar-refractivity contribution in [1.29, 1.82) is 0 Å². The Labute approximate surface area is 109 Å². The van der Waals surface area contributed by atoms with Crippen LogP contribution in [0.3, 0.4) is 0 Å². The third kappa shape index (κ3) is 3.42. The van der Waals surface area contributed by atoms with Crippen LogP contribution in [0.15, 0.2) is 0 Å². The molecule has 0 aromatic heterocycles. The molecule has 0 aromatic carbocycles. The Kier molecular flexibility index (Phi) is 6.00. The molecule has 0 aliphatic heterocycles. The quantitative estimate of drug-likeness (QED) is 0.464. The van der Waals surface area contributed by atoms with Gasteiger partial charge in [-0.05, 0) is 31.6 Å². The summed E-state index contributed by atoms with van der Waals surface area (Å²) in [7, 11) is 0. The molecule has 0 bridgehead atoms. The third-order valence-electron chi connectivity index (χ3n) is 4.65. The average molecular weight is 264 g/mol. The van der Waals surface area contributed by atoms with E-state index in [1.807, 2.05) is 0 Å². The van der Waals surface area contributed by atoms with E-state index in [9.17, 15) is 13.2 Å². The molecule has 1 aliphatic rings. The minimum Gasteiger partial charge on any atom is -0.170 e. The molecule has 1 atom stereocenters. The lowest BCUT2D eigenvalue weighted by Gasteiger charge is -2.49. The highest BCUT2D eigenvalue weighted by Crippen LogP contribution is 2.59. The lowest BCUT2D eigenvalue weighted by molar-refractivity contribution is -0.273. The van der Waals surface area contributed by atoms with Gasteiger partial charge in [0, 0.05) is 0 Å². The van der Waals surface area contributed by atoms with E-state index in [-0.39, 0.29) is 5.92 Å². The number of hydrogen-bond acceptors (Lipinski definition) is 0. The number of rotatable bonds is 8. The highest BCUT2D eigenvalue weighted by molar-refractivity contribution is 4.98. The Morgan fingerprint density at radius 3 is 1.89 bits per heavy atom. The van der Waals surface area contributed by atoms with E-state index < -0.39 is 11.6 Å². The van der Waals surface area contributed by atoms with E-state index in [0.717, 1.165) is 51.4 Å². The van der Waals surface area contributed by atoms with Crippen LogP contribution in [0.4, 0.5) is 13.2 Å². The molecule has 1 rings (SSSR count). The van der Waals surface area contributed by atoms with Crippen molar-refractivity contribution in [2.24, 2.45) is 11.3 Å². The predicted octanol–water partition coefficient (Wildman–Crippen LogP) is 6.11. The standard InChI is InChI=1S/C15H27F3/c1-3-5-7-10-13(9-6-4-2)14(11-8-12-14)15(16,17)18/h13H,3-12H2,1-2H3. The maximum absolute atomic E-state index is 13.3. The first-order chi connectivity index (χ1) is 8.48. The molecule has 0 saturated heterocycles. The minimum atomic E-state index is -3.99. The van der Waals surface area contributed by atoms with Crippen LogP contribution in [0.2, 0.25) is 0 Å². The van der Waals surface area contributed by atoms with E-state index in [0.29, 0.717) is 12.8 Å². The van der Waals surface area contributed by atoms with Gasteiger partial charge in [-0.25, -0.2) is 0 Å². The number of halogens is 3. The summed E-state index contributed by atoms with van der Waals surface area (Å²) in [6.45, 7) is 4.16. The summed E-state index contributed by atoms with van der Waals surface area (Å²) in [4.78, 5) is 0. The highest BCUT2D eigenvalue weighted by atomic mass is 19.4. The SMILES string of the molecule is CCCCCC(CCCC)C1(C(F)(F)F)CCC1. The maximum Gasteiger partial charge on any atom is 0.394 e. The van der Waals surface area contributed by atoms with E-state index in [1.54, 1.807) is 0 Å². The van der Waals surface area contributed by atoms with Crippen molar-refractivity contribution in [2.75, 3.05) is 0 Å². The first-order valence-corrected chi connectivity index (χ1v) is 7.54. The molecule has 1 saturated carbocycles. The van der Waals surface area contributed by atoms with Crippen molar-refractivity contribution >= 4 is 0 Å². The molecule has 1 fully saturated rings. The molecule has 0 radical (unpaired) electrons. The van der Waals surface area contributed by atoms with E-state index >= 15 is 0 Å². The number of hydrogen-bond donors (Lipinski definition) is 0. The molecular weight excluding hydrogens is 237 g/mol. The van der Waals surface area contributed by atoms with Gasteiger partial charge in [0.2, 0.25) is 0 Å². The monoisotopic (exact) mass is 264 g/mol. The first-order valence-electron chi connectivity index (χ1n) is 7.54. The normalized spacial score (nSPS) is 20.5. The van der Waals surface area contributed by atoms with Gasteiger partial charge in [0.1, 0.15) is 0 Å². The van der Waals surface area contributed by atoms with E-state index in [4.69, 9.17) is 0 Å². The van der Waals surface area contributed by atoms with Crippen LogP contribution in [0.25, 0.3) is 0 Å². The molecule has 108 valence electrons. The van der Waals surface area contributed by atoms with Gasteiger partial charge in [-0.2, -0.15) is 13.2 Å². The molecule has 1 unspecified atom stereocenters. The highest BCUT2D eigenvalue weighted by Gasteiger charge is 2.61. The second-order valence-electron chi connectivity index (χ2n) is 5.84.